The predicted molar refractivity (Wildman–Crippen MR) is 83.6 cm³/mol. The molecule has 0 aliphatic carbocycles. The maximum absolute atomic E-state index is 11.3. The molecule has 0 spiro atoms. The van der Waals surface area contributed by atoms with Gasteiger partial charge in [0.2, 0.25) is 0 Å². The van der Waals surface area contributed by atoms with Gasteiger partial charge in [0.15, 0.2) is 0 Å². The quantitative estimate of drug-likeness (QED) is 0.306. The fraction of sp³-hybridized carbons (Fsp3) is 0.824. The van der Waals surface area contributed by atoms with Crippen LogP contribution >= 0.6 is 0 Å². The van der Waals surface area contributed by atoms with E-state index >= 15 is 0 Å². The van der Waals surface area contributed by atoms with Crippen LogP contribution in [0.15, 0.2) is 0 Å². The first kappa shape index (κ1) is 19.6. The lowest BCUT2D eigenvalue weighted by Gasteiger charge is -2.13. The molecule has 6 nitrogen and oxygen atoms in total. The largest absolute Gasteiger partial charge is 0.481 e. The molecule has 1 heterocycles. The zero-order valence-corrected chi connectivity index (χ0v) is 13.7. The summed E-state index contributed by atoms with van der Waals surface area (Å²) in [5.74, 6) is -2.52. The number of cyclic esters (lactones) is 2. The highest BCUT2D eigenvalue weighted by Crippen LogP contribution is 2.23. The Morgan fingerprint density at radius 3 is 2.00 bits per heavy atom. The molecular formula is C17H28O6. The molecule has 0 aromatic rings. The second kappa shape index (κ2) is 11.2. The highest BCUT2D eigenvalue weighted by atomic mass is 16.6. The van der Waals surface area contributed by atoms with E-state index in [9.17, 15) is 19.5 Å². The van der Waals surface area contributed by atoms with E-state index in [-0.39, 0.29) is 12.8 Å². The van der Waals surface area contributed by atoms with Crippen LogP contribution in [-0.2, 0) is 19.1 Å². The summed E-state index contributed by atoms with van der Waals surface area (Å²) in [6, 6.07) is 0. The molecule has 1 rings (SSSR count). The van der Waals surface area contributed by atoms with Crippen molar-refractivity contribution < 1.29 is 29.3 Å². The Morgan fingerprint density at radius 1 is 1.00 bits per heavy atom. The van der Waals surface area contributed by atoms with Gasteiger partial charge >= 0.3 is 17.9 Å². The number of carbonyl (C=O) groups excluding carboxylic acids is 2. The monoisotopic (exact) mass is 328 g/mol. The van der Waals surface area contributed by atoms with Gasteiger partial charge in [-0.3, -0.25) is 14.4 Å². The third-order valence-corrected chi connectivity index (χ3v) is 4.26. The SMILES string of the molecule is O=C(O)CCCCCCCCCCCC(O)C1CC(=O)OC1=O. The van der Waals surface area contributed by atoms with Crippen LogP contribution in [0, 0.1) is 5.92 Å². The van der Waals surface area contributed by atoms with Crippen LogP contribution in [0.25, 0.3) is 0 Å². The van der Waals surface area contributed by atoms with Gasteiger partial charge in [-0.1, -0.05) is 51.4 Å². The first-order valence-corrected chi connectivity index (χ1v) is 8.65. The second-order valence-electron chi connectivity index (χ2n) is 6.29. The van der Waals surface area contributed by atoms with Gasteiger partial charge in [-0.15, -0.1) is 0 Å². The minimum atomic E-state index is -0.775. The Hall–Kier alpha value is -1.43. The van der Waals surface area contributed by atoms with Crippen LogP contribution in [0.2, 0.25) is 0 Å². The number of hydrogen-bond acceptors (Lipinski definition) is 5. The van der Waals surface area contributed by atoms with Crippen molar-refractivity contribution >= 4 is 17.9 Å². The maximum Gasteiger partial charge on any atom is 0.319 e. The van der Waals surface area contributed by atoms with Crippen LogP contribution < -0.4 is 0 Å². The van der Waals surface area contributed by atoms with Crippen molar-refractivity contribution in [3.63, 3.8) is 0 Å². The molecule has 0 aromatic heterocycles. The molecular weight excluding hydrogens is 300 g/mol. The van der Waals surface area contributed by atoms with Gasteiger partial charge in [-0.2, -0.15) is 0 Å². The summed E-state index contributed by atoms with van der Waals surface area (Å²) < 4.78 is 4.44. The van der Waals surface area contributed by atoms with Crippen molar-refractivity contribution in [2.24, 2.45) is 5.92 Å². The van der Waals surface area contributed by atoms with Gasteiger partial charge in [0, 0.05) is 6.42 Å². The summed E-state index contributed by atoms with van der Waals surface area (Å²) >= 11 is 0. The lowest BCUT2D eigenvalue weighted by atomic mass is 9.95. The van der Waals surface area contributed by atoms with Crippen LogP contribution in [0.3, 0.4) is 0 Å². The molecule has 2 unspecified atom stereocenters. The molecule has 0 amide bonds. The molecule has 0 bridgehead atoms. The fourth-order valence-electron chi connectivity index (χ4n) is 2.85. The van der Waals surface area contributed by atoms with Gasteiger partial charge in [0.05, 0.1) is 18.4 Å². The summed E-state index contributed by atoms with van der Waals surface area (Å²) in [6.07, 6.45) is 9.23. The Kier molecular flexibility index (Phi) is 9.52. The van der Waals surface area contributed by atoms with Crippen LogP contribution in [-0.4, -0.2) is 34.2 Å². The summed E-state index contributed by atoms with van der Waals surface area (Å²) in [5.41, 5.74) is 0. The topological polar surface area (TPSA) is 101 Å². The Balaban J connectivity index is 1.89. The molecule has 1 aliphatic rings. The first-order valence-electron chi connectivity index (χ1n) is 8.65. The van der Waals surface area contributed by atoms with Crippen LogP contribution in [0.4, 0.5) is 0 Å². The molecule has 0 aromatic carbocycles. The van der Waals surface area contributed by atoms with Crippen molar-refractivity contribution in [3.05, 3.63) is 0 Å². The molecule has 1 saturated heterocycles. The van der Waals surface area contributed by atoms with Gasteiger partial charge in [-0.25, -0.2) is 0 Å². The van der Waals surface area contributed by atoms with Crippen LogP contribution in [0.1, 0.15) is 77.0 Å². The standard InChI is InChI=1S/C17H28O6/c18-14(13-12-16(21)23-17(13)22)10-8-6-4-2-1-3-5-7-9-11-15(19)20/h13-14,18H,1-12H2,(H,19,20). The summed E-state index contributed by atoms with van der Waals surface area (Å²) in [6.45, 7) is 0. The number of carbonyl (C=O) groups is 3. The van der Waals surface area contributed by atoms with E-state index in [1.807, 2.05) is 0 Å². The van der Waals surface area contributed by atoms with E-state index in [0.717, 1.165) is 57.8 Å². The van der Waals surface area contributed by atoms with Gasteiger partial charge in [0.25, 0.3) is 0 Å². The number of rotatable bonds is 13. The molecule has 6 heteroatoms. The van der Waals surface area contributed by atoms with E-state index in [1.165, 1.54) is 0 Å². The summed E-state index contributed by atoms with van der Waals surface area (Å²) in [4.78, 5) is 32.6. The first-order chi connectivity index (χ1) is 11.0. The summed E-state index contributed by atoms with van der Waals surface area (Å²) in [5, 5.41) is 18.4. The highest BCUT2D eigenvalue weighted by molar-refractivity contribution is 5.94. The molecule has 132 valence electrons. The number of carboxylic acids is 1. The van der Waals surface area contributed by atoms with E-state index in [1.54, 1.807) is 0 Å². The molecule has 2 N–H and O–H groups in total. The molecule has 0 saturated carbocycles. The molecule has 2 atom stereocenters. The average Bonchev–Trinajstić information content (AvgIpc) is 2.83. The number of carboxylic acid groups (broad SMARTS) is 1. The highest BCUT2D eigenvalue weighted by Gasteiger charge is 2.38. The van der Waals surface area contributed by atoms with Crippen molar-refractivity contribution in [1.29, 1.82) is 0 Å². The van der Waals surface area contributed by atoms with Gasteiger partial charge in [-0.05, 0) is 12.8 Å². The minimum Gasteiger partial charge on any atom is -0.481 e. The maximum atomic E-state index is 11.3. The second-order valence-corrected chi connectivity index (χ2v) is 6.29. The normalized spacial score (nSPS) is 18.9. The molecule has 1 aliphatic heterocycles. The average molecular weight is 328 g/mol. The van der Waals surface area contributed by atoms with E-state index in [0.29, 0.717) is 6.42 Å². The van der Waals surface area contributed by atoms with E-state index in [4.69, 9.17) is 5.11 Å². The molecule has 0 radical (unpaired) electrons. The zero-order chi connectivity index (χ0) is 17.1. The van der Waals surface area contributed by atoms with Crippen LogP contribution in [0.5, 0.6) is 0 Å². The van der Waals surface area contributed by atoms with Gasteiger partial charge in [0.1, 0.15) is 0 Å². The van der Waals surface area contributed by atoms with E-state index in [2.05, 4.69) is 4.74 Å². The number of aliphatic hydroxyl groups excluding tert-OH is 1. The Bertz CT molecular complexity index is 393. The fourth-order valence-corrected chi connectivity index (χ4v) is 2.85. The van der Waals surface area contributed by atoms with E-state index < -0.39 is 29.9 Å². The summed E-state index contributed by atoms with van der Waals surface area (Å²) in [7, 11) is 0. The van der Waals surface area contributed by atoms with Crippen molar-refractivity contribution in [1.82, 2.24) is 0 Å². The van der Waals surface area contributed by atoms with Crippen molar-refractivity contribution in [3.8, 4) is 0 Å². The number of esters is 2. The molecule has 23 heavy (non-hydrogen) atoms. The molecule has 1 fully saturated rings. The predicted octanol–water partition coefficient (Wildman–Crippen LogP) is 2.81. The minimum absolute atomic E-state index is 0.00186. The Morgan fingerprint density at radius 2 is 1.52 bits per heavy atom. The third kappa shape index (κ3) is 8.69. The van der Waals surface area contributed by atoms with Gasteiger partial charge < -0.3 is 14.9 Å². The number of aliphatic hydroxyl groups is 1. The number of unbranched alkanes of at least 4 members (excludes halogenated alkanes) is 8. The Labute approximate surface area is 137 Å². The number of aliphatic carboxylic acids is 1. The zero-order valence-electron chi connectivity index (χ0n) is 13.7. The van der Waals surface area contributed by atoms with Crippen molar-refractivity contribution in [2.45, 2.75) is 83.2 Å². The number of ether oxygens (including phenoxy) is 1. The van der Waals surface area contributed by atoms with Crippen molar-refractivity contribution in [2.75, 3.05) is 0 Å². The third-order valence-electron chi connectivity index (χ3n) is 4.26. The lowest BCUT2D eigenvalue weighted by molar-refractivity contribution is -0.154. The smallest absolute Gasteiger partial charge is 0.319 e. The lowest BCUT2D eigenvalue weighted by Crippen LogP contribution is -2.24. The number of hydrogen-bond donors (Lipinski definition) is 2.